The molecule has 0 fully saturated rings. The van der Waals surface area contributed by atoms with E-state index in [2.05, 4.69) is 5.16 Å². The Morgan fingerprint density at radius 3 is 2.50 bits per heavy atom. The highest BCUT2D eigenvalue weighted by molar-refractivity contribution is 5.90. The van der Waals surface area contributed by atoms with Gasteiger partial charge in [0.05, 0.1) is 18.4 Å². The van der Waals surface area contributed by atoms with Crippen molar-refractivity contribution in [1.29, 1.82) is 0 Å². The fraction of sp³-hybridized carbons (Fsp3) is 0.333. The molecule has 1 aromatic carbocycles. The zero-order valence-corrected chi connectivity index (χ0v) is 9.47. The van der Waals surface area contributed by atoms with Crippen LogP contribution in [0, 0.1) is 0 Å². The number of esters is 1. The fourth-order valence-electron chi connectivity index (χ4n) is 1.09. The van der Waals surface area contributed by atoms with Crippen molar-refractivity contribution >= 4 is 12.2 Å². The number of benzene rings is 1. The molecule has 0 N–H and O–H groups in total. The largest absolute Gasteiger partial charge is 0.462 e. The Hall–Kier alpha value is -1.84. The molecule has 0 spiro atoms. The minimum Gasteiger partial charge on any atom is -0.462 e. The van der Waals surface area contributed by atoms with E-state index in [0.29, 0.717) is 18.8 Å². The number of hydrogen-bond donors (Lipinski definition) is 0. The van der Waals surface area contributed by atoms with Gasteiger partial charge in [0.25, 0.3) is 0 Å². The first-order chi connectivity index (χ1) is 7.77. The monoisotopic (exact) mass is 221 g/mol. The lowest BCUT2D eigenvalue weighted by atomic mass is 10.1. The molecule has 4 heteroatoms. The molecule has 0 atom stereocenters. The van der Waals surface area contributed by atoms with Crippen LogP contribution in [0.25, 0.3) is 0 Å². The first-order valence-electron chi connectivity index (χ1n) is 5.20. The summed E-state index contributed by atoms with van der Waals surface area (Å²) in [5, 5.41) is 3.73. The highest BCUT2D eigenvalue weighted by atomic mass is 16.6. The summed E-state index contributed by atoms with van der Waals surface area (Å²) in [6, 6.07) is 6.97. The minimum atomic E-state index is -0.309. The van der Waals surface area contributed by atoms with E-state index in [1.807, 2.05) is 6.92 Å². The first-order valence-corrected chi connectivity index (χ1v) is 5.20. The van der Waals surface area contributed by atoms with Crippen molar-refractivity contribution < 1.29 is 14.4 Å². The Morgan fingerprint density at radius 1 is 1.25 bits per heavy atom. The molecule has 1 rings (SSSR count). The van der Waals surface area contributed by atoms with E-state index in [4.69, 9.17) is 9.57 Å². The zero-order valence-electron chi connectivity index (χ0n) is 9.47. The van der Waals surface area contributed by atoms with Gasteiger partial charge in [-0.25, -0.2) is 4.79 Å². The highest BCUT2D eigenvalue weighted by Gasteiger charge is 2.04. The van der Waals surface area contributed by atoms with Crippen molar-refractivity contribution in [1.82, 2.24) is 0 Å². The summed E-state index contributed by atoms with van der Waals surface area (Å²) in [6.07, 6.45) is 1.60. The number of hydrogen-bond acceptors (Lipinski definition) is 4. The molecule has 0 unspecified atom stereocenters. The number of carbonyl (C=O) groups excluding carboxylic acids is 1. The normalized spacial score (nSPS) is 10.4. The second-order valence-corrected chi connectivity index (χ2v) is 2.99. The predicted molar refractivity (Wildman–Crippen MR) is 61.6 cm³/mol. The zero-order chi connectivity index (χ0) is 11.8. The van der Waals surface area contributed by atoms with Crippen LogP contribution in [0.2, 0.25) is 0 Å². The van der Waals surface area contributed by atoms with E-state index in [-0.39, 0.29) is 5.97 Å². The third kappa shape index (κ3) is 3.73. The molecule has 0 radical (unpaired) electrons. The van der Waals surface area contributed by atoms with E-state index < -0.39 is 0 Å². The van der Waals surface area contributed by atoms with Gasteiger partial charge in [0.15, 0.2) is 0 Å². The SMILES string of the molecule is CCO/N=C/c1ccc(C(=O)OCC)cc1. The number of nitrogens with zero attached hydrogens (tertiary/aromatic N) is 1. The van der Waals surface area contributed by atoms with Crippen LogP contribution in [0.15, 0.2) is 29.4 Å². The number of rotatable bonds is 5. The molecule has 1 aromatic rings. The summed E-state index contributed by atoms with van der Waals surface area (Å²) in [4.78, 5) is 16.2. The van der Waals surface area contributed by atoms with E-state index in [1.165, 1.54) is 0 Å². The fourth-order valence-corrected chi connectivity index (χ4v) is 1.09. The molecule has 0 aromatic heterocycles. The molecular formula is C12H15NO3. The van der Waals surface area contributed by atoms with Gasteiger partial charge < -0.3 is 9.57 Å². The smallest absolute Gasteiger partial charge is 0.338 e. The van der Waals surface area contributed by atoms with Gasteiger partial charge in [-0.1, -0.05) is 17.3 Å². The Balaban J connectivity index is 2.64. The number of oxime groups is 1. The average molecular weight is 221 g/mol. The Kier molecular flexibility index (Phi) is 5.05. The van der Waals surface area contributed by atoms with Gasteiger partial charge in [-0.3, -0.25) is 0 Å². The van der Waals surface area contributed by atoms with Crippen LogP contribution >= 0.6 is 0 Å². The van der Waals surface area contributed by atoms with Gasteiger partial charge in [0, 0.05) is 0 Å². The molecule has 0 bridgehead atoms. The summed E-state index contributed by atoms with van der Waals surface area (Å²) in [6.45, 7) is 4.56. The van der Waals surface area contributed by atoms with Gasteiger partial charge in [-0.15, -0.1) is 0 Å². The summed E-state index contributed by atoms with van der Waals surface area (Å²) >= 11 is 0. The summed E-state index contributed by atoms with van der Waals surface area (Å²) < 4.78 is 4.87. The molecule has 0 aliphatic heterocycles. The molecule has 0 aliphatic rings. The second kappa shape index (κ2) is 6.61. The predicted octanol–water partition coefficient (Wildman–Crippen LogP) is 2.23. The van der Waals surface area contributed by atoms with E-state index in [9.17, 15) is 4.79 Å². The van der Waals surface area contributed by atoms with Crippen molar-refractivity contribution in [3.8, 4) is 0 Å². The van der Waals surface area contributed by atoms with Crippen LogP contribution in [0.1, 0.15) is 29.8 Å². The maximum atomic E-state index is 11.3. The lowest BCUT2D eigenvalue weighted by molar-refractivity contribution is 0.0526. The number of ether oxygens (including phenoxy) is 1. The molecule has 0 heterocycles. The van der Waals surface area contributed by atoms with Gasteiger partial charge in [0.2, 0.25) is 0 Å². The molecular weight excluding hydrogens is 206 g/mol. The van der Waals surface area contributed by atoms with Crippen molar-refractivity contribution in [2.24, 2.45) is 5.16 Å². The van der Waals surface area contributed by atoms with Gasteiger partial charge in [-0.2, -0.15) is 0 Å². The standard InChI is InChI=1S/C12H15NO3/c1-3-15-12(14)11-7-5-10(6-8-11)9-13-16-4-2/h5-9H,3-4H2,1-2H3/b13-9+. The topological polar surface area (TPSA) is 47.9 Å². The molecule has 0 saturated carbocycles. The van der Waals surface area contributed by atoms with Crippen LogP contribution in [-0.2, 0) is 9.57 Å². The maximum absolute atomic E-state index is 11.3. The lowest BCUT2D eigenvalue weighted by Crippen LogP contribution is -2.04. The summed E-state index contributed by atoms with van der Waals surface area (Å²) in [5.74, 6) is -0.309. The number of carbonyl (C=O) groups is 1. The van der Waals surface area contributed by atoms with Crippen LogP contribution in [-0.4, -0.2) is 25.4 Å². The molecule has 0 saturated heterocycles. The first kappa shape index (κ1) is 12.2. The van der Waals surface area contributed by atoms with Crippen LogP contribution in [0.4, 0.5) is 0 Å². The van der Waals surface area contributed by atoms with E-state index >= 15 is 0 Å². The Bertz CT molecular complexity index is 357. The van der Waals surface area contributed by atoms with E-state index in [1.54, 1.807) is 37.4 Å². The molecule has 4 nitrogen and oxygen atoms in total. The molecule has 16 heavy (non-hydrogen) atoms. The minimum absolute atomic E-state index is 0.309. The van der Waals surface area contributed by atoms with Gasteiger partial charge in [-0.05, 0) is 31.5 Å². The van der Waals surface area contributed by atoms with Crippen LogP contribution < -0.4 is 0 Å². The van der Waals surface area contributed by atoms with Crippen molar-refractivity contribution in [2.45, 2.75) is 13.8 Å². The van der Waals surface area contributed by atoms with Crippen molar-refractivity contribution in [3.63, 3.8) is 0 Å². The van der Waals surface area contributed by atoms with Crippen molar-refractivity contribution in [2.75, 3.05) is 13.2 Å². The second-order valence-electron chi connectivity index (χ2n) is 2.99. The molecule has 86 valence electrons. The van der Waals surface area contributed by atoms with Crippen molar-refractivity contribution in [3.05, 3.63) is 35.4 Å². The van der Waals surface area contributed by atoms with Crippen LogP contribution in [0.3, 0.4) is 0 Å². The highest BCUT2D eigenvalue weighted by Crippen LogP contribution is 2.04. The summed E-state index contributed by atoms with van der Waals surface area (Å²) in [5.41, 5.74) is 1.41. The van der Waals surface area contributed by atoms with Crippen LogP contribution in [0.5, 0.6) is 0 Å². The van der Waals surface area contributed by atoms with Gasteiger partial charge >= 0.3 is 5.97 Å². The lowest BCUT2D eigenvalue weighted by Gasteiger charge is -2.01. The van der Waals surface area contributed by atoms with Gasteiger partial charge in [0.1, 0.15) is 6.61 Å². The average Bonchev–Trinajstić information content (AvgIpc) is 2.30. The summed E-state index contributed by atoms with van der Waals surface area (Å²) in [7, 11) is 0. The molecule has 0 amide bonds. The third-order valence-corrected chi connectivity index (χ3v) is 1.83. The Labute approximate surface area is 94.9 Å². The maximum Gasteiger partial charge on any atom is 0.338 e. The Morgan fingerprint density at radius 2 is 1.94 bits per heavy atom. The third-order valence-electron chi connectivity index (χ3n) is 1.83. The quantitative estimate of drug-likeness (QED) is 0.435. The van der Waals surface area contributed by atoms with E-state index in [0.717, 1.165) is 5.56 Å². The molecule has 0 aliphatic carbocycles.